The van der Waals surface area contributed by atoms with E-state index < -0.39 is 29.6 Å². The third-order valence-corrected chi connectivity index (χ3v) is 6.60. The highest BCUT2D eigenvalue weighted by Gasteiger charge is 2.36. The molecule has 0 fully saturated rings. The van der Waals surface area contributed by atoms with Gasteiger partial charge in [0.05, 0.1) is 5.69 Å². The molecule has 4 aromatic rings. The average molecular weight is 518 g/mol. The number of rotatable bonds is 8. The molecule has 0 bridgehead atoms. The first-order chi connectivity index (χ1) is 17.8. The van der Waals surface area contributed by atoms with Crippen molar-refractivity contribution in [1.82, 2.24) is 9.69 Å². The van der Waals surface area contributed by atoms with Gasteiger partial charge in [0.25, 0.3) is 11.8 Å². The third-order valence-electron chi connectivity index (χ3n) is 5.75. The Balaban J connectivity index is 1.84. The number of aromatic nitrogens is 1. The van der Waals surface area contributed by atoms with Gasteiger partial charge in [-0.3, -0.25) is 19.3 Å². The summed E-state index contributed by atoms with van der Waals surface area (Å²) in [5, 5.41) is 2.88. The van der Waals surface area contributed by atoms with E-state index in [0.717, 1.165) is 17.1 Å². The van der Waals surface area contributed by atoms with Gasteiger partial charge < -0.3 is 16.8 Å². The zero-order chi connectivity index (χ0) is 26.5. The maximum absolute atomic E-state index is 14.0. The summed E-state index contributed by atoms with van der Waals surface area (Å²) in [6, 6.07) is 20.5. The number of nitrogens with zero attached hydrogens (tertiary/aromatic N) is 2. The number of primary amides is 1. The minimum absolute atomic E-state index is 0.0416. The molecule has 188 valence electrons. The van der Waals surface area contributed by atoms with E-state index in [0.29, 0.717) is 16.8 Å². The fourth-order valence-electron chi connectivity index (χ4n) is 3.88. The van der Waals surface area contributed by atoms with E-state index in [1.54, 1.807) is 31.2 Å². The Morgan fingerprint density at radius 3 is 2.27 bits per heavy atom. The van der Waals surface area contributed by atoms with Gasteiger partial charge in [0, 0.05) is 12.2 Å². The van der Waals surface area contributed by atoms with Crippen LogP contribution >= 0.6 is 11.5 Å². The van der Waals surface area contributed by atoms with E-state index in [1.807, 2.05) is 30.3 Å². The number of nitrogens with two attached hydrogens (primary N) is 2. The molecule has 0 aliphatic carbocycles. The molecule has 8 nitrogen and oxygen atoms in total. The number of para-hydroxylation sites is 1. The quantitative estimate of drug-likeness (QED) is 0.325. The van der Waals surface area contributed by atoms with Crippen LogP contribution in [0.2, 0.25) is 0 Å². The van der Waals surface area contributed by atoms with Gasteiger partial charge in [-0.2, -0.15) is 4.37 Å². The van der Waals surface area contributed by atoms with Gasteiger partial charge in [-0.15, -0.1) is 0 Å². The van der Waals surface area contributed by atoms with Crippen molar-refractivity contribution >= 4 is 40.6 Å². The lowest BCUT2D eigenvalue weighted by molar-refractivity contribution is -0.122. The van der Waals surface area contributed by atoms with Crippen LogP contribution in [0.3, 0.4) is 0 Å². The summed E-state index contributed by atoms with van der Waals surface area (Å²) in [4.78, 5) is 40.7. The molecule has 4 rings (SSSR count). The predicted octanol–water partition coefficient (Wildman–Crippen LogP) is 3.98. The van der Waals surface area contributed by atoms with Gasteiger partial charge in [-0.05, 0) is 53.3 Å². The van der Waals surface area contributed by atoms with Crippen molar-refractivity contribution in [2.75, 3.05) is 10.6 Å². The zero-order valence-electron chi connectivity index (χ0n) is 19.9. The molecule has 0 saturated carbocycles. The zero-order valence-corrected chi connectivity index (χ0v) is 20.7. The fourth-order valence-corrected chi connectivity index (χ4v) is 4.62. The van der Waals surface area contributed by atoms with E-state index in [1.165, 1.54) is 29.2 Å². The second-order valence-corrected chi connectivity index (χ2v) is 9.03. The van der Waals surface area contributed by atoms with Crippen LogP contribution in [0.5, 0.6) is 0 Å². The lowest BCUT2D eigenvalue weighted by atomic mass is 10.0. The molecule has 5 N–H and O–H groups in total. The van der Waals surface area contributed by atoms with Crippen molar-refractivity contribution in [2.24, 2.45) is 5.73 Å². The van der Waals surface area contributed by atoms with Crippen molar-refractivity contribution in [3.63, 3.8) is 0 Å². The number of anilines is 2. The normalized spacial score (nSPS) is 11.5. The van der Waals surface area contributed by atoms with Crippen LogP contribution in [0, 0.1) is 12.7 Å². The molecule has 0 radical (unpaired) electrons. The van der Waals surface area contributed by atoms with Crippen LogP contribution in [0.4, 0.5) is 15.8 Å². The first kappa shape index (κ1) is 25.5. The number of benzene rings is 3. The molecule has 10 heteroatoms. The first-order valence-corrected chi connectivity index (χ1v) is 12.1. The van der Waals surface area contributed by atoms with Gasteiger partial charge in [-0.1, -0.05) is 60.7 Å². The van der Waals surface area contributed by atoms with Crippen molar-refractivity contribution in [3.05, 3.63) is 112 Å². The van der Waals surface area contributed by atoms with Crippen LogP contribution in [0.1, 0.15) is 42.9 Å². The van der Waals surface area contributed by atoms with Crippen molar-refractivity contribution in [1.29, 1.82) is 0 Å². The Kier molecular flexibility index (Phi) is 7.59. The number of nitrogens with one attached hydrogen (secondary N) is 1. The Morgan fingerprint density at radius 2 is 1.65 bits per heavy atom. The lowest BCUT2D eigenvalue weighted by Gasteiger charge is -2.32. The molecule has 3 amide bonds. The summed E-state index contributed by atoms with van der Waals surface area (Å²) in [5.74, 6) is -2.50. The van der Waals surface area contributed by atoms with E-state index in [2.05, 4.69) is 9.69 Å². The van der Waals surface area contributed by atoms with Crippen LogP contribution in [-0.4, -0.2) is 22.1 Å². The van der Waals surface area contributed by atoms with E-state index in [9.17, 15) is 18.8 Å². The molecule has 1 aromatic heterocycles. The average Bonchev–Trinajstić information content (AvgIpc) is 3.29. The summed E-state index contributed by atoms with van der Waals surface area (Å²) in [6.07, 6.45) is 0. The van der Waals surface area contributed by atoms with Gasteiger partial charge in [0.1, 0.15) is 16.7 Å². The monoisotopic (exact) mass is 517 g/mol. The maximum Gasteiger partial charge on any atom is 0.273 e. The minimum Gasteiger partial charge on any atom is -0.395 e. The SMILES string of the molecule is Cc1ccccc1N(C(=O)c1snc(C(N)=O)c1N)C(C(=O)NCc1ccccc1)c1ccc(F)cc1. The van der Waals surface area contributed by atoms with Crippen molar-refractivity contribution in [2.45, 2.75) is 19.5 Å². The maximum atomic E-state index is 14.0. The first-order valence-electron chi connectivity index (χ1n) is 11.3. The van der Waals surface area contributed by atoms with Crippen LogP contribution < -0.4 is 21.7 Å². The Hall–Kier alpha value is -4.57. The Morgan fingerprint density at radius 1 is 1.00 bits per heavy atom. The molecule has 37 heavy (non-hydrogen) atoms. The number of carbonyl (C=O) groups is 3. The topological polar surface area (TPSA) is 131 Å². The van der Waals surface area contributed by atoms with Crippen molar-refractivity contribution in [3.8, 4) is 0 Å². The number of halogens is 1. The summed E-state index contributed by atoms with van der Waals surface area (Å²) in [5.41, 5.74) is 13.4. The second kappa shape index (κ2) is 11.0. The number of hydrogen-bond acceptors (Lipinski definition) is 6. The van der Waals surface area contributed by atoms with Gasteiger partial charge in [0.15, 0.2) is 5.69 Å². The van der Waals surface area contributed by atoms with Gasteiger partial charge >= 0.3 is 0 Å². The Labute approximate surface area is 216 Å². The van der Waals surface area contributed by atoms with E-state index in [4.69, 9.17) is 11.5 Å². The molecule has 0 aliphatic heterocycles. The summed E-state index contributed by atoms with van der Waals surface area (Å²) in [7, 11) is 0. The van der Waals surface area contributed by atoms with Crippen LogP contribution in [0.15, 0.2) is 78.9 Å². The number of hydrogen-bond donors (Lipinski definition) is 3. The van der Waals surface area contributed by atoms with E-state index >= 15 is 0 Å². The van der Waals surface area contributed by atoms with E-state index in [-0.39, 0.29) is 22.8 Å². The number of amides is 3. The van der Waals surface area contributed by atoms with Crippen LogP contribution in [0.25, 0.3) is 0 Å². The predicted molar refractivity (Wildman–Crippen MR) is 140 cm³/mol. The highest BCUT2D eigenvalue weighted by atomic mass is 32.1. The number of aryl methyl sites for hydroxylation is 1. The molecule has 0 aliphatic rings. The molecule has 1 unspecified atom stereocenters. The highest BCUT2D eigenvalue weighted by Crippen LogP contribution is 2.34. The Bertz CT molecular complexity index is 1440. The standard InChI is InChI=1S/C27H24FN5O3S/c1-16-7-5-6-10-20(16)33(27(36)24-21(29)22(25(30)34)32-37-24)23(18-11-13-19(28)14-12-18)26(35)31-15-17-8-3-2-4-9-17/h2-14,23H,15,29H2,1H3,(H2,30,34)(H,31,35). The summed E-state index contributed by atoms with van der Waals surface area (Å²) >= 11 is 0.720. The summed E-state index contributed by atoms with van der Waals surface area (Å²) < 4.78 is 17.8. The van der Waals surface area contributed by atoms with Crippen LogP contribution in [-0.2, 0) is 11.3 Å². The van der Waals surface area contributed by atoms with Gasteiger partial charge in [-0.25, -0.2) is 4.39 Å². The summed E-state index contributed by atoms with van der Waals surface area (Å²) in [6.45, 7) is 2.01. The lowest BCUT2D eigenvalue weighted by Crippen LogP contribution is -2.44. The highest BCUT2D eigenvalue weighted by molar-refractivity contribution is 7.09. The molecule has 3 aromatic carbocycles. The van der Waals surface area contributed by atoms with Gasteiger partial charge in [0.2, 0.25) is 5.91 Å². The molecule has 0 saturated heterocycles. The van der Waals surface area contributed by atoms with Crippen molar-refractivity contribution < 1.29 is 18.8 Å². The largest absolute Gasteiger partial charge is 0.395 e. The minimum atomic E-state index is -1.20. The number of nitrogen functional groups attached to an aromatic ring is 1. The molecular weight excluding hydrogens is 493 g/mol. The molecule has 1 atom stereocenters. The number of carbonyl (C=O) groups excluding carboxylic acids is 3. The third kappa shape index (κ3) is 5.49. The molecule has 1 heterocycles. The second-order valence-electron chi connectivity index (χ2n) is 8.26. The molecular formula is C27H24FN5O3S. The molecule has 0 spiro atoms. The fraction of sp³-hybridized carbons (Fsp3) is 0.111. The smallest absolute Gasteiger partial charge is 0.273 e.